The third-order valence-electron chi connectivity index (χ3n) is 3.85. The van der Waals surface area contributed by atoms with Crippen LogP contribution in [0.15, 0.2) is 21.9 Å². The quantitative estimate of drug-likeness (QED) is 0.843. The van der Waals surface area contributed by atoms with Gasteiger partial charge in [-0.05, 0) is 41.5 Å². The van der Waals surface area contributed by atoms with Crippen molar-refractivity contribution in [3.63, 3.8) is 0 Å². The zero-order chi connectivity index (χ0) is 19.7. The second-order valence-corrected chi connectivity index (χ2v) is 8.40. The SMILES string of the molecule is COC1[C@@H](OC(C)(C)C)[C@@H](COC(C)(C)C)O[C@H]1n1ccc(=O)[nH]c1=O. The maximum Gasteiger partial charge on any atom is 0.330 e. The van der Waals surface area contributed by atoms with Gasteiger partial charge < -0.3 is 18.9 Å². The standard InChI is InChI=1S/C18H30N2O6/c1-17(2,3)24-10-11-13(26-18(4,5)6)14(23-7)15(25-11)20-9-8-12(21)19-16(20)22/h8-9,11,13-15H,10H2,1-7H3,(H,19,21,22)/t11-,13+,14?,15-/m1/s1. The summed E-state index contributed by atoms with van der Waals surface area (Å²) in [6.45, 7) is 12.0. The summed E-state index contributed by atoms with van der Waals surface area (Å²) in [4.78, 5) is 25.8. The van der Waals surface area contributed by atoms with Gasteiger partial charge in [-0.3, -0.25) is 14.3 Å². The van der Waals surface area contributed by atoms with E-state index in [0.29, 0.717) is 6.61 Å². The third kappa shape index (κ3) is 5.26. The summed E-state index contributed by atoms with van der Waals surface area (Å²) in [5.41, 5.74) is -1.80. The molecular weight excluding hydrogens is 340 g/mol. The van der Waals surface area contributed by atoms with Crippen molar-refractivity contribution in [3.05, 3.63) is 33.1 Å². The second-order valence-electron chi connectivity index (χ2n) is 8.40. The first kappa shape index (κ1) is 20.8. The highest BCUT2D eigenvalue weighted by atomic mass is 16.6. The smallest absolute Gasteiger partial charge is 0.330 e. The lowest BCUT2D eigenvalue weighted by Crippen LogP contribution is -2.44. The molecule has 1 saturated heterocycles. The maximum absolute atomic E-state index is 12.2. The number of aromatic nitrogens is 2. The minimum atomic E-state index is -0.731. The van der Waals surface area contributed by atoms with Crippen LogP contribution in [0, 0.1) is 0 Å². The molecule has 1 aromatic heterocycles. The summed E-state index contributed by atoms with van der Waals surface area (Å²) in [7, 11) is 1.55. The molecule has 1 fully saturated rings. The van der Waals surface area contributed by atoms with Crippen LogP contribution in [0.4, 0.5) is 0 Å². The monoisotopic (exact) mass is 370 g/mol. The fourth-order valence-corrected chi connectivity index (χ4v) is 2.83. The van der Waals surface area contributed by atoms with Crippen LogP contribution in [-0.4, -0.2) is 52.8 Å². The molecule has 2 heterocycles. The molecule has 0 aliphatic carbocycles. The van der Waals surface area contributed by atoms with Gasteiger partial charge in [0, 0.05) is 19.4 Å². The fraction of sp³-hybridized carbons (Fsp3) is 0.778. The highest BCUT2D eigenvalue weighted by Gasteiger charge is 2.48. The van der Waals surface area contributed by atoms with Crippen molar-refractivity contribution in [1.29, 1.82) is 0 Å². The van der Waals surface area contributed by atoms with Crippen LogP contribution < -0.4 is 11.2 Å². The van der Waals surface area contributed by atoms with Gasteiger partial charge in [0.25, 0.3) is 5.56 Å². The maximum atomic E-state index is 12.2. The molecule has 0 spiro atoms. The molecule has 1 aliphatic heterocycles. The topological polar surface area (TPSA) is 91.8 Å². The van der Waals surface area contributed by atoms with Gasteiger partial charge in [0.1, 0.15) is 18.3 Å². The number of rotatable bonds is 5. The first-order chi connectivity index (χ1) is 11.9. The van der Waals surface area contributed by atoms with Crippen LogP contribution in [0.2, 0.25) is 0 Å². The summed E-state index contributed by atoms with van der Waals surface area (Å²) in [5, 5.41) is 0. The number of aromatic amines is 1. The zero-order valence-corrected chi connectivity index (χ0v) is 16.6. The van der Waals surface area contributed by atoms with E-state index >= 15 is 0 Å². The second kappa shape index (κ2) is 7.64. The van der Waals surface area contributed by atoms with E-state index in [0.717, 1.165) is 0 Å². The molecule has 1 aromatic rings. The number of H-pyrrole nitrogens is 1. The summed E-state index contributed by atoms with van der Waals surface area (Å²) in [6.07, 6.45) is -0.732. The number of ether oxygens (including phenoxy) is 4. The molecular formula is C18H30N2O6. The first-order valence-electron chi connectivity index (χ1n) is 8.73. The zero-order valence-electron chi connectivity index (χ0n) is 16.6. The van der Waals surface area contributed by atoms with E-state index in [1.165, 1.54) is 16.8 Å². The van der Waals surface area contributed by atoms with Gasteiger partial charge in [-0.15, -0.1) is 0 Å². The Hall–Kier alpha value is -1.48. The van der Waals surface area contributed by atoms with E-state index in [2.05, 4.69) is 4.98 Å². The van der Waals surface area contributed by atoms with E-state index in [-0.39, 0.29) is 5.60 Å². The van der Waals surface area contributed by atoms with Gasteiger partial charge in [0.05, 0.1) is 17.8 Å². The predicted molar refractivity (Wildman–Crippen MR) is 96.4 cm³/mol. The molecule has 4 atom stereocenters. The Morgan fingerprint density at radius 2 is 1.77 bits per heavy atom. The van der Waals surface area contributed by atoms with Gasteiger partial charge in [0.2, 0.25) is 0 Å². The Balaban J connectivity index is 2.34. The highest BCUT2D eigenvalue weighted by Crippen LogP contribution is 2.35. The lowest BCUT2D eigenvalue weighted by molar-refractivity contribution is -0.140. The molecule has 0 aromatic carbocycles. The Morgan fingerprint density at radius 1 is 1.12 bits per heavy atom. The molecule has 1 aliphatic rings. The third-order valence-corrected chi connectivity index (χ3v) is 3.85. The van der Waals surface area contributed by atoms with Gasteiger partial charge in [0.15, 0.2) is 6.23 Å². The normalized spacial score (nSPS) is 27.0. The number of hydrogen-bond donors (Lipinski definition) is 1. The molecule has 8 nitrogen and oxygen atoms in total. The minimum Gasteiger partial charge on any atom is -0.374 e. The average molecular weight is 370 g/mol. The van der Waals surface area contributed by atoms with Gasteiger partial charge in [-0.25, -0.2) is 4.79 Å². The van der Waals surface area contributed by atoms with Crippen LogP contribution >= 0.6 is 0 Å². The van der Waals surface area contributed by atoms with Crippen LogP contribution in [0.5, 0.6) is 0 Å². The van der Waals surface area contributed by atoms with Crippen molar-refractivity contribution >= 4 is 0 Å². The lowest BCUT2D eigenvalue weighted by Gasteiger charge is -2.31. The largest absolute Gasteiger partial charge is 0.374 e. The van der Waals surface area contributed by atoms with Crippen LogP contribution in [-0.2, 0) is 18.9 Å². The Morgan fingerprint density at radius 3 is 2.27 bits per heavy atom. The molecule has 26 heavy (non-hydrogen) atoms. The summed E-state index contributed by atoms with van der Waals surface area (Å²) < 4.78 is 25.1. The summed E-state index contributed by atoms with van der Waals surface area (Å²) in [6, 6.07) is 1.27. The summed E-state index contributed by atoms with van der Waals surface area (Å²) >= 11 is 0. The Labute approximate surface area is 153 Å². The minimum absolute atomic E-state index is 0.290. The van der Waals surface area contributed by atoms with E-state index in [9.17, 15) is 9.59 Å². The van der Waals surface area contributed by atoms with Gasteiger partial charge in [-0.1, -0.05) is 0 Å². The number of nitrogens with zero attached hydrogens (tertiary/aromatic N) is 1. The number of nitrogens with one attached hydrogen (secondary N) is 1. The van der Waals surface area contributed by atoms with Crippen LogP contribution in [0.25, 0.3) is 0 Å². The molecule has 1 unspecified atom stereocenters. The van der Waals surface area contributed by atoms with Gasteiger partial charge >= 0.3 is 5.69 Å². The molecule has 0 radical (unpaired) electrons. The highest BCUT2D eigenvalue weighted by molar-refractivity contribution is 4.96. The van der Waals surface area contributed by atoms with Crippen LogP contribution in [0.1, 0.15) is 47.8 Å². The van der Waals surface area contributed by atoms with Crippen molar-refractivity contribution in [2.45, 2.75) is 77.3 Å². The molecule has 0 amide bonds. The fourth-order valence-electron chi connectivity index (χ4n) is 2.83. The molecule has 2 rings (SSSR count). The van der Waals surface area contributed by atoms with E-state index in [1.54, 1.807) is 7.11 Å². The molecule has 148 valence electrons. The molecule has 0 saturated carbocycles. The van der Waals surface area contributed by atoms with E-state index in [1.807, 2.05) is 41.5 Å². The summed E-state index contributed by atoms with van der Waals surface area (Å²) in [5.74, 6) is 0. The van der Waals surface area contributed by atoms with E-state index in [4.69, 9.17) is 18.9 Å². The molecule has 1 N–H and O–H groups in total. The molecule has 0 bridgehead atoms. The van der Waals surface area contributed by atoms with Crippen molar-refractivity contribution in [1.82, 2.24) is 9.55 Å². The average Bonchev–Trinajstić information content (AvgIpc) is 2.80. The van der Waals surface area contributed by atoms with Crippen molar-refractivity contribution in [2.75, 3.05) is 13.7 Å². The van der Waals surface area contributed by atoms with Crippen molar-refractivity contribution in [2.24, 2.45) is 0 Å². The van der Waals surface area contributed by atoms with Crippen molar-refractivity contribution < 1.29 is 18.9 Å². The van der Waals surface area contributed by atoms with E-state index < -0.39 is 41.4 Å². The van der Waals surface area contributed by atoms with Crippen molar-refractivity contribution in [3.8, 4) is 0 Å². The number of hydrogen-bond acceptors (Lipinski definition) is 6. The number of methoxy groups -OCH3 is 1. The Kier molecular flexibility index (Phi) is 6.12. The molecule has 8 heteroatoms. The van der Waals surface area contributed by atoms with Crippen LogP contribution in [0.3, 0.4) is 0 Å². The van der Waals surface area contributed by atoms with Gasteiger partial charge in [-0.2, -0.15) is 0 Å². The predicted octanol–water partition coefficient (Wildman–Crippen LogP) is 1.45. The first-order valence-corrected chi connectivity index (χ1v) is 8.73. The lowest BCUT2D eigenvalue weighted by atomic mass is 10.1. The Bertz CT molecular complexity index is 712.